The smallest absolute Gasteiger partial charge is 0.303 e. The molecule has 0 amide bonds. The first kappa shape index (κ1) is 14.8. The van der Waals surface area contributed by atoms with Crippen LogP contribution in [0.1, 0.15) is 65.7 Å². The molecule has 110 valence electrons. The Morgan fingerprint density at radius 2 is 2.00 bits per heavy atom. The van der Waals surface area contributed by atoms with Crippen LogP contribution in [0.4, 0.5) is 0 Å². The number of nitrogens with one attached hydrogen (secondary N) is 1. The van der Waals surface area contributed by atoms with Gasteiger partial charge in [0.2, 0.25) is 0 Å². The second-order valence-corrected chi connectivity index (χ2v) is 7.51. The Labute approximate surface area is 117 Å². The van der Waals surface area contributed by atoms with E-state index in [2.05, 4.69) is 26.1 Å². The van der Waals surface area contributed by atoms with Gasteiger partial charge in [0.1, 0.15) is 0 Å². The molecule has 2 aliphatic carbocycles. The number of rotatable bonds is 7. The molecule has 0 radical (unpaired) electrons. The summed E-state index contributed by atoms with van der Waals surface area (Å²) in [5, 5.41) is 12.4. The number of unbranched alkanes of at least 4 members (excludes halogenated alkanes) is 2. The molecule has 0 aliphatic heterocycles. The second kappa shape index (κ2) is 5.43. The number of carboxylic acids is 1. The van der Waals surface area contributed by atoms with Gasteiger partial charge in [-0.05, 0) is 55.4 Å². The SMILES string of the molecule is CC12CCC(C1)C(C)(C)C2NCCCCCC(=O)O. The van der Waals surface area contributed by atoms with Crippen molar-refractivity contribution in [1.82, 2.24) is 5.32 Å². The van der Waals surface area contributed by atoms with Gasteiger partial charge in [-0.2, -0.15) is 0 Å². The molecule has 2 fully saturated rings. The summed E-state index contributed by atoms with van der Waals surface area (Å²) >= 11 is 0. The number of hydrogen-bond donors (Lipinski definition) is 2. The monoisotopic (exact) mass is 267 g/mol. The van der Waals surface area contributed by atoms with E-state index in [0.29, 0.717) is 23.3 Å². The number of carboxylic acid groups (broad SMARTS) is 1. The van der Waals surface area contributed by atoms with Gasteiger partial charge in [-0.15, -0.1) is 0 Å². The van der Waals surface area contributed by atoms with Gasteiger partial charge in [0.05, 0.1) is 0 Å². The number of carbonyl (C=O) groups is 1. The lowest BCUT2D eigenvalue weighted by Gasteiger charge is -2.43. The van der Waals surface area contributed by atoms with E-state index in [4.69, 9.17) is 5.11 Å². The van der Waals surface area contributed by atoms with Crippen molar-refractivity contribution in [3.63, 3.8) is 0 Å². The van der Waals surface area contributed by atoms with Crippen LogP contribution in [0.25, 0.3) is 0 Å². The zero-order valence-corrected chi connectivity index (χ0v) is 12.7. The van der Waals surface area contributed by atoms with Crippen molar-refractivity contribution in [3.05, 3.63) is 0 Å². The molecule has 0 aromatic heterocycles. The minimum absolute atomic E-state index is 0.314. The molecule has 3 heteroatoms. The van der Waals surface area contributed by atoms with Crippen LogP contribution < -0.4 is 5.32 Å². The molecule has 0 spiro atoms. The molecule has 0 saturated heterocycles. The fourth-order valence-corrected chi connectivity index (χ4v) is 4.64. The van der Waals surface area contributed by atoms with Gasteiger partial charge in [-0.25, -0.2) is 0 Å². The van der Waals surface area contributed by atoms with Gasteiger partial charge in [-0.3, -0.25) is 4.79 Å². The van der Waals surface area contributed by atoms with E-state index in [1.54, 1.807) is 0 Å². The second-order valence-electron chi connectivity index (χ2n) is 7.51. The topological polar surface area (TPSA) is 49.3 Å². The lowest BCUT2D eigenvalue weighted by atomic mass is 9.68. The first-order chi connectivity index (χ1) is 8.86. The maximum Gasteiger partial charge on any atom is 0.303 e. The van der Waals surface area contributed by atoms with Gasteiger partial charge < -0.3 is 10.4 Å². The lowest BCUT2D eigenvalue weighted by molar-refractivity contribution is -0.137. The summed E-state index contributed by atoms with van der Waals surface area (Å²) < 4.78 is 0. The van der Waals surface area contributed by atoms with Crippen LogP contribution in [-0.2, 0) is 4.79 Å². The molecule has 2 bridgehead atoms. The average molecular weight is 267 g/mol. The van der Waals surface area contributed by atoms with Crippen LogP contribution in [0.3, 0.4) is 0 Å². The van der Waals surface area contributed by atoms with Crippen LogP contribution in [0, 0.1) is 16.7 Å². The molecule has 2 N–H and O–H groups in total. The maximum absolute atomic E-state index is 10.4. The van der Waals surface area contributed by atoms with Crippen molar-refractivity contribution in [3.8, 4) is 0 Å². The molecule has 0 aromatic carbocycles. The van der Waals surface area contributed by atoms with Crippen molar-refractivity contribution in [1.29, 1.82) is 0 Å². The van der Waals surface area contributed by atoms with E-state index in [9.17, 15) is 4.79 Å². The highest BCUT2D eigenvalue weighted by molar-refractivity contribution is 5.66. The molecule has 2 saturated carbocycles. The van der Waals surface area contributed by atoms with Gasteiger partial charge in [0.15, 0.2) is 0 Å². The Bertz CT molecular complexity index is 335. The molecule has 19 heavy (non-hydrogen) atoms. The van der Waals surface area contributed by atoms with E-state index in [1.807, 2.05) is 0 Å². The quantitative estimate of drug-likeness (QED) is 0.695. The standard InChI is InChI=1S/C16H29NO2/c1-15(2)12-8-9-16(3,11-12)14(15)17-10-6-4-5-7-13(18)19/h12,14,17H,4-11H2,1-3H3,(H,18,19). The molecular weight excluding hydrogens is 238 g/mol. The highest BCUT2D eigenvalue weighted by Gasteiger charge is 2.58. The molecule has 3 nitrogen and oxygen atoms in total. The Kier molecular flexibility index (Phi) is 4.24. The summed E-state index contributed by atoms with van der Waals surface area (Å²) in [6, 6.07) is 0.637. The fraction of sp³-hybridized carbons (Fsp3) is 0.938. The first-order valence-corrected chi connectivity index (χ1v) is 7.81. The third kappa shape index (κ3) is 2.96. The molecular formula is C16H29NO2. The van der Waals surface area contributed by atoms with Crippen LogP contribution in [0.2, 0.25) is 0 Å². The van der Waals surface area contributed by atoms with Gasteiger partial charge in [0, 0.05) is 12.5 Å². The van der Waals surface area contributed by atoms with Crippen molar-refractivity contribution in [2.75, 3.05) is 6.54 Å². The molecule has 0 aromatic rings. The summed E-state index contributed by atoms with van der Waals surface area (Å²) in [7, 11) is 0. The van der Waals surface area contributed by atoms with Crippen LogP contribution in [-0.4, -0.2) is 23.7 Å². The molecule has 2 rings (SSSR count). The van der Waals surface area contributed by atoms with Gasteiger partial charge in [-0.1, -0.05) is 27.2 Å². The summed E-state index contributed by atoms with van der Waals surface area (Å²) in [5.41, 5.74) is 0.920. The third-order valence-electron chi connectivity index (χ3n) is 5.69. The predicted molar refractivity (Wildman–Crippen MR) is 77.1 cm³/mol. The molecule has 0 heterocycles. The highest BCUT2D eigenvalue weighted by Crippen LogP contribution is 2.62. The van der Waals surface area contributed by atoms with Crippen LogP contribution in [0.15, 0.2) is 0 Å². The fourth-order valence-electron chi connectivity index (χ4n) is 4.64. The zero-order chi connectivity index (χ0) is 14.1. The van der Waals surface area contributed by atoms with Gasteiger partial charge >= 0.3 is 5.97 Å². The Morgan fingerprint density at radius 3 is 2.58 bits per heavy atom. The lowest BCUT2D eigenvalue weighted by Crippen LogP contribution is -2.50. The van der Waals surface area contributed by atoms with E-state index < -0.39 is 5.97 Å². The van der Waals surface area contributed by atoms with E-state index in [1.165, 1.54) is 19.3 Å². The highest BCUT2D eigenvalue weighted by atomic mass is 16.4. The number of aliphatic carboxylic acids is 1. The summed E-state index contributed by atoms with van der Waals surface area (Å²) in [6.45, 7) is 8.33. The minimum atomic E-state index is -0.672. The zero-order valence-electron chi connectivity index (χ0n) is 12.7. The van der Waals surface area contributed by atoms with E-state index >= 15 is 0 Å². The summed E-state index contributed by atoms with van der Waals surface area (Å²) in [5.74, 6) is 0.219. The minimum Gasteiger partial charge on any atom is -0.481 e. The third-order valence-corrected chi connectivity index (χ3v) is 5.69. The van der Waals surface area contributed by atoms with E-state index in [0.717, 1.165) is 31.7 Å². The largest absolute Gasteiger partial charge is 0.481 e. The Balaban J connectivity index is 1.72. The van der Waals surface area contributed by atoms with Crippen molar-refractivity contribution >= 4 is 5.97 Å². The van der Waals surface area contributed by atoms with Crippen LogP contribution in [0.5, 0.6) is 0 Å². The maximum atomic E-state index is 10.4. The van der Waals surface area contributed by atoms with Crippen molar-refractivity contribution in [2.45, 2.75) is 71.8 Å². The van der Waals surface area contributed by atoms with Crippen molar-refractivity contribution in [2.24, 2.45) is 16.7 Å². The molecule has 3 atom stereocenters. The van der Waals surface area contributed by atoms with E-state index in [-0.39, 0.29) is 0 Å². The number of fused-ring (bicyclic) bond motifs is 2. The normalized spacial score (nSPS) is 35.7. The van der Waals surface area contributed by atoms with Gasteiger partial charge in [0.25, 0.3) is 0 Å². The summed E-state index contributed by atoms with van der Waals surface area (Å²) in [6.07, 6.45) is 7.40. The molecule has 2 aliphatic rings. The van der Waals surface area contributed by atoms with Crippen LogP contribution >= 0.6 is 0 Å². The predicted octanol–water partition coefficient (Wildman–Crippen LogP) is 3.44. The molecule has 3 unspecified atom stereocenters. The Hall–Kier alpha value is -0.570. The summed E-state index contributed by atoms with van der Waals surface area (Å²) in [4.78, 5) is 10.4. The number of hydrogen-bond acceptors (Lipinski definition) is 2. The van der Waals surface area contributed by atoms with Crippen molar-refractivity contribution < 1.29 is 9.90 Å². The Morgan fingerprint density at radius 1 is 1.26 bits per heavy atom. The average Bonchev–Trinajstić information content (AvgIpc) is 2.77. The first-order valence-electron chi connectivity index (χ1n) is 7.81.